The van der Waals surface area contributed by atoms with E-state index in [1.165, 1.54) is 13.8 Å². The molecule has 6 nitrogen and oxygen atoms in total. The van der Waals surface area contributed by atoms with Gasteiger partial charge in [0.2, 0.25) is 0 Å². The molecular formula is C7H14N2O4S. The minimum Gasteiger partial charge on any atom is -0.390 e. The lowest BCUT2D eigenvalue weighted by Crippen LogP contribution is -2.68. The predicted octanol–water partition coefficient (Wildman–Crippen LogP) is -1.74. The number of hydrogen-bond acceptors (Lipinski definition) is 5. The highest BCUT2D eigenvalue weighted by Crippen LogP contribution is 2.34. The highest BCUT2D eigenvalue weighted by molar-refractivity contribution is 7.94. The lowest BCUT2D eigenvalue weighted by Gasteiger charge is -2.43. The number of carbonyl (C=O) groups is 1. The summed E-state index contributed by atoms with van der Waals surface area (Å²) in [5.74, 6) is -0.495. The van der Waals surface area contributed by atoms with Gasteiger partial charge in [-0.25, -0.2) is 12.7 Å². The Balaban J connectivity index is 2.82. The largest absolute Gasteiger partial charge is 0.390 e. The second-order valence-electron chi connectivity index (χ2n) is 3.74. The van der Waals surface area contributed by atoms with Gasteiger partial charge in [0.25, 0.3) is 15.9 Å². The summed E-state index contributed by atoms with van der Waals surface area (Å²) >= 11 is 0. The third-order valence-corrected chi connectivity index (χ3v) is 4.68. The number of hydrogen-bond donors (Lipinski definition) is 2. The van der Waals surface area contributed by atoms with E-state index >= 15 is 0 Å². The average Bonchev–Trinajstić information content (AvgIpc) is 2.12. The fraction of sp³-hybridized carbons (Fsp3) is 0.857. The summed E-state index contributed by atoms with van der Waals surface area (Å²) in [4.78, 5) is 11.3. The summed E-state index contributed by atoms with van der Waals surface area (Å²) in [7, 11) is -3.59. The Morgan fingerprint density at radius 3 is 2.43 bits per heavy atom. The van der Waals surface area contributed by atoms with Gasteiger partial charge in [-0.05, 0) is 13.8 Å². The zero-order chi connectivity index (χ0) is 11.1. The fourth-order valence-corrected chi connectivity index (χ4v) is 2.77. The SMILES string of the molecule is CC1(C)C(=O)N(CC(O)CN)S1(=O)=O. The van der Waals surface area contributed by atoms with Crippen LogP contribution in [0.4, 0.5) is 0 Å². The molecule has 1 rings (SSSR count). The lowest BCUT2D eigenvalue weighted by atomic mass is 10.2. The molecule has 1 aliphatic rings. The van der Waals surface area contributed by atoms with Crippen molar-refractivity contribution in [1.29, 1.82) is 0 Å². The van der Waals surface area contributed by atoms with Gasteiger partial charge in [-0.1, -0.05) is 0 Å². The molecule has 0 radical (unpaired) electrons. The van der Waals surface area contributed by atoms with E-state index in [9.17, 15) is 13.2 Å². The number of sulfonamides is 1. The lowest BCUT2D eigenvalue weighted by molar-refractivity contribution is -0.133. The smallest absolute Gasteiger partial charge is 0.258 e. The van der Waals surface area contributed by atoms with E-state index < -0.39 is 26.8 Å². The molecule has 1 fully saturated rings. The number of carbonyl (C=O) groups excluding carboxylic acids is 1. The number of aliphatic hydroxyl groups is 1. The maximum atomic E-state index is 11.5. The van der Waals surface area contributed by atoms with Gasteiger partial charge in [-0.15, -0.1) is 0 Å². The summed E-state index contributed by atoms with van der Waals surface area (Å²) in [5.41, 5.74) is 5.12. The first kappa shape index (κ1) is 11.4. The number of aliphatic hydroxyl groups excluding tert-OH is 1. The van der Waals surface area contributed by atoms with Crippen LogP contribution in [0.15, 0.2) is 0 Å². The summed E-state index contributed by atoms with van der Waals surface area (Å²) in [6.45, 7) is 2.37. The van der Waals surface area contributed by atoms with E-state index in [0.29, 0.717) is 4.31 Å². The molecule has 14 heavy (non-hydrogen) atoms. The van der Waals surface area contributed by atoms with Crippen molar-refractivity contribution in [1.82, 2.24) is 4.31 Å². The second kappa shape index (κ2) is 3.18. The van der Waals surface area contributed by atoms with Crippen LogP contribution in [0.25, 0.3) is 0 Å². The van der Waals surface area contributed by atoms with E-state index in [0.717, 1.165) is 0 Å². The van der Waals surface area contributed by atoms with Crippen LogP contribution in [0.5, 0.6) is 0 Å². The van der Waals surface area contributed by atoms with Gasteiger partial charge in [0.05, 0.1) is 12.6 Å². The predicted molar refractivity (Wildman–Crippen MR) is 49.8 cm³/mol. The highest BCUT2D eigenvalue weighted by Gasteiger charge is 2.60. The third kappa shape index (κ3) is 1.32. The van der Waals surface area contributed by atoms with Gasteiger partial charge >= 0.3 is 0 Å². The van der Waals surface area contributed by atoms with Crippen molar-refractivity contribution in [2.24, 2.45) is 5.73 Å². The Kier molecular flexibility index (Phi) is 2.59. The minimum atomic E-state index is -3.59. The minimum absolute atomic E-state index is 0.0697. The first-order valence-electron chi connectivity index (χ1n) is 4.20. The number of nitrogens with two attached hydrogens (primary N) is 1. The van der Waals surface area contributed by atoms with E-state index in [1.54, 1.807) is 0 Å². The molecule has 3 N–H and O–H groups in total. The Morgan fingerprint density at radius 2 is 2.07 bits per heavy atom. The standard InChI is InChI=1S/C7H14N2O4S/c1-7(2)6(11)9(14(7,12)13)4-5(10)3-8/h5,10H,3-4,8H2,1-2H3. The van der Waals surface area contributed by atoms with E-state index in [2.05, 4.69) is 0 Å². The van der Waals surface area contributed by atoms with Gasteiger partial charge in [-0.3, -0.25) is 4.79 Å². The van der Waals surface area contributed by atoms with E-state index in [4.69, 9.17) is 10.8 Å². The highest BCUT2D eigenvalue weighted by atomic mass is 32.2. The van der Waals surface area contributed by atoms with Gasteiger partial charge in [-0.2, -0.15) is 0 Å². The molecule has 0 saturated carbocycles. The number of rotatable bonds is 3. The van der Waals surface area contributed by atoms with Gasteiger partial charge < -0.3 is 10.8 Å². The van der Waals surface area contributed by atoms with Crippen LogP contribution < -0.4 is 5.73 Å². The second-order valence-corrected chi connectivity index (χ2v) is 6.15. The molecule has 1 amide bonds. The zero-order valence-corrected chi connectivity index (χ0v) is 8.91. The number of nitrogens with zero attached hydrogens (tertiary/aromatic N) is 1. The topological polar surface area (TPSA) is 101 Å². The molecule has 0 spiro atoms. The molecule has 7 heteroatoms. The van der Waals surface area contributed by atoms with Crippen LogP contribution in [0.2, 0.25) is 0 Å². The molecule has 0 aromatic rings. The first-order chi connectivity index (χ1) is 6.25. The van der Waals surface area contributed by atoms with Crippen LogP contribution in [-0.4, -0.2) is 47.7 Å². The molecule has 1 atom stereocenters. The molecule has 0 aliphatic carbocycles. The normalized spacial score (nSPS) is 25.7. The number of amides is 1. The van der Waals surface area contributed by atoms with Crippen LogP contribution in [0, 0.1) is 0 Å². The Morgan fingerprint density at radius 1 is 1.57 bits per heavy atom. The zero-order valence-electron chi connectivity index (χ0n) is 8.10. The van der Waals surface area contributed by atoms with Crippen molar-refractivity contribution < 1.29 is 18.3 Å². The number of β-amino-alcohol motifs (C(OH)–C–C–N with tert-alkyl or cyclic N) is 1. The molecule has 1 unspecified atom stereocenters. The van der Waals surface area contributed by atoms with E-state index in [1.807, 2.05) is 0 Å². The van der Waals surface area contributed by atoms with Crippen molar-refractivity contribution in [2.75, 3.05) is 13.1 Å². The summed E-state index contributed by atoms with van der Waals surface area (Å²) in [6, 6.07) is 0. The summed E-state index contributed by atoms with van der Waals surface area (Å²) in [6.07, 6.45) is -0.996. The van der Waals surface area contributed by atoms with E-state index in [-0.39, 0.29) is 13.1 Å². The Bertz CT molecular complexity index is 349. The molecule has 1 heterocycles. The molecule has 0 aromatic carbocycles. The van der Waals surface area contributed by atoms with Crippen molar-refractivity contribution >= 4 is 15.9 Å². The Labute approximate surface area is 82.7 Å². The quantitative estimate of drug-likeness (QED) is 0.590. The van der Waals surface area contributed by atoms with Gasteiger partial charge in [0, 0.05) is 6.54 Å². The monoisotopic (exact) mass is 222 g/mol. The summed E-state index contributed by atoms with van der Waals surface area (Å²) in [5, 5.41) is 9.13. The Hall–Kier alpha value is -0.660. The van der Waals surface area contributed by atoms with Crippen LogP contribution in [-0.2, 0) is 14.8 Å². The van der Waals surface area contributed by atoms with Crippen LogP contribution >= 0.6 is 0 Å². The van der Waals surface area contributed by atoms with Gasteiger partial charge in [0.15, 0.2) is 4.75 Å². The molecule has 0 aromatic heterocycles. The van der Waals surface area contributed by atoms with Crippen molar-refractivity contribution in [3.05, 3.63) is 0 Å². The maximum Gasteiger partial charge on any atom is 0.258 e. The van der Waals surface area contributed by atoms with Crippen LogP contribution in [0.3, 0.4) is 0 Å². The van der Waals surface area contributed by atoms with Crippen molar-refractivity contribution in [3.8, 4) is 0 Å². The molecule has 1 saturated heterocycles. The third-order valence-electron chi connectivity index (χ3n) is 2.33. The molecule has 1 aliphatic heterocycles. The summed E-state index contributed by atoms with van der Waals surface area (Å²) < 4.78 is 22.3. The van der Waals surface area contributed by atoms with Crippen molar-refractivity contribution in [3.63, 3.8) is 0 Å². The molecule has 82 valence electrons. The first-order valence-corrected chi connectivity index (χ1v) is 5.64. The van der Waals surface area contributed by atoms with Gasteiger partial charge in [0.1, 0.15) is 0 Å². The van der Waals surface area contributed by atoms with Crippen molar-refractivity contribution in [2.45, 2.75) is 24.7 Å². The van der Waals surface area contributed by atoms with Crippen LogP contribution in [0.1, 0.15) is 13.8 Å². The molecule has 0 bridgehead atoms. The maximum absolute atomic E-state index is 11.5. The fourth-order valence-electron chi connectivity index (χ4n) is 1.20. The average molecular weight is 222 g/mol. The molecular weight excluding hydrogens is 208 g/mol.